The number of hydrogen-bond donors (Lipinski definition) is 0. The largest absolute Gasteiger partial charge is 0.247 e. The number of rotatable bonds is 5. The van der Waals surface area contributed by atoms with E-state index in [0.29, 0.717) is 0 Å². The molecule has 0 saturated carbocycles. The van der Waals surface area contributed by atoms with Crippen molar-refractivity contribution in [1.29, 1.82) is 0 Å². The Labute approximate surface area is 348 Å². The zero-order chi connectivity index (χ0) is 38.7. The van der Waals surface area contributed by atoms with Gasteiger partial charge in [0.05, 0.1) is 11.2 Å². The number of fused-ring (bicyclic) bond motifs is 8. The first kappa shape index (κ1) is 34.7. The highest BCUT2D eigenvalue weighted by atomic mass is 127. The third-order valence-electron chi connectivity index (χ3n) is 12.1. The highest BCUT2D eigenvalue weighted by Gasteiger charge is 2.15. The molecule has 1 aliphatic rings. The van der Waals surface area contributed by atoms with Crippen molar-refractivity contribution in [2.24, 2.45) is 0 Å². The molecule has 10 aromatic rings. The molecule has 0 radical (unpaired) electrons. The highest BCUT2D eigenvalue weighted by Crippen LogP contribution is 2.39. The highest BCUT2D eigenvalue weighted by molar-refractivity contribution is 14.2. The van der Waals surface area contributed by atoms with E-state index in [9.17, 15) is 0 Å². The second-order valence-electron chi connectivity index (χ2n) is 15.4. The van der Waals surface area contributed by atoms with Gasteiger partial charge in [0.1, 0.15) is 0 Å². The van der Waals surface area contributed by atoms with Crippen molar-refractivity contribution in [2.45, 2.75) is 13.3 Å². The lowest BCUT2D eigenvalue weighted by Gasteiger charge is -2.14. The van der Waals surface area contributed by atoms with Crippen molar-refractivity contribution in [2.75, 3.05) is 0 Å². The first-order chi connectivity index (χ1) is 28.6. The van der Waals surface area contributed by atoms with Crippen molar-refractivity contribution >= 4 is 90.9 Å². The molecule has 0 unspecified atom stereocenters. The van der Waals surface area contributed by atoms with E-state index in [4.69, 9.17) is 4.98 Å². The SMILES string of the molecule is C=Ic1ccc2ccccc2c1-c1ccc2ccc3ccc(-c4ccc(C5=CCc6c(ccc7ccc(-c8c(C)ccc9ccccc89)cc67)C=C5)cc4)nc3c2c1. The summed E-state index contributed by atoms with van der Waals surface area (Å²) in [7, 11) is 0. The molecule has 1 aromatic heterocycles. The standard InChI is InChI=1S/C56H38IN/c1-35-11-12-38-7-3-5-9-48(38)54(35)45-25-20-41-18-17-40-16-13-37(27-30-47(40)50(41)33-45)36-14-22-43(23-15-36)53-32-29-44-24-19-42-21-26-46(34-51(42)56(44)58-53)55-49-10-6-4-8-39(49)28-31-52(55)57-2/h3-29,31-34H,2,30H2,1H3. The predicted octanol–water partition coefficient (Wildman–Crippen LogP) is 15.4. The van der Waals surface area contributed by atoms with Gasteiger partial charge in [0.25, 0.3) is 0 Å². The molecule has 0 spiro atoms. The van der Waals surface area contributed by atoms with Gasteiger partial charge in [-0.25, -0.2) is 4.98 Å². The van der Waals surface area contributed by atoms with Gasteiger partial charge >= 0.3 is 0 Å². The summed E-state index contributed by atoms with van der Waals surface area (Å²) in [6.45, 7) is 2.22. The van der Waals surface area contributed by atoms with E-state index in [2.05, 4.69) is 200 Å². The average Bonchev–Trinajstić information content (AvgIpc) is 3.51. The summed E-state index contributed by atoms with van der Waals surface area (Å²) in [6.07, 6.45) is 7.83. The van der Waals surface area contributed by atoms with Crippen LogP contribution in [0.5, 0.6) is 0 Å². The van der Waals surface area contributed by atoms with Gasteiger partial charge < -0.3 is 0 Å². The second kappa shape index (κ2) is 14.2. The number of aromatic nitrogens is 1. The maximum atomic E-state index is 5.34. The van der Waals surface area contributed by atoms with Crippen molar-refractivity contribution in [3.05, 3.63) is 208 Å². The molecule has 1 aliphatic carbocycles. The van der Waals surface area contributed by atoms with E-state index in [0.717, 1.165) is 28.6 Å². The molecule has 1 heterocycles. The lowest BCUT2D eigenvalue weighted by Crippen LogP contribution is -1.92. The monoisotopic (exact) mass is 851 g/mol. The molecule has 0 N–H and O–H groups in total. The van der Waals surface area contributed by atoms with Crippen molar-refractivity contribution in [3.63, 3.8) is 0 Å². The van der Waals surface area contributed by atoms with Gasteiger partial charge in [0, 0.05) is 25.5 Å². The van der Waals surface area contributed by atoms with E-state index in [1.807, 2.05) is 0 Å². The van der Waals surface area contributed by atoms with Crippen LogP contribution in [0.15, 0.2) is 182 Å². The van der Waals surface area contributed by atoms with E-state index >= 15 is 0 Å². The van der Waals surface area contributed by atoms with E-state index in [-0.39, 0.29) is 20.7 Å². The van der Waals surface area contributed by atoms with Gasteiger partial charge in [0.2, 0.25) is 0 Å². The van der Waals surface area contributed by atoms with Crippen LogP contribution in [0.2, 0.25) is 0 Å². The normalized spacial score (nSPS) is 12.7. The van der Waals surface area contributed by atoms with Crippen molar-refractivity contribution < 1.29 is 0 Å². The Bertz CT molecular complexity index is 3390. The Morgan fingerprint density at radius 1 is 0.483 bits per heavy atom. The molecule has 0 saturated heterocycles. The number of aryl methyl sites for hydroxylation is 1. The summed E-state index contributed by atoms with van der Waals surface area (Å²) in [4.78, 5) is 5.34. The van der Waals surface area contributed by atoms with Crippen molar-refractivity contribution in [1.82, 2.24) is 4.98 Å². The van der Waals surface area contributed by atoms with Crippen LogP contribution in [0.25, 0.3) is 99.2 Å². The quantitative estimate of drug-likeness (QED) is 0.124. The first-order valence-electron chi connectivity index (χ1n) is 19.9. The van der Waals surface area contributed by atoms with E-state index < -0.39 is 0 Å². The molecular formula is C56H38IN. The van der Waals surface area contributed by atoms with E-state index in [1.54, 1.807) is 0 Å². The lowest BCUT2D eigenvalue weighted by atomic mass is 9.90. The fourth-order valence-electron chi connectivity index (χ4n) is 9.08. The zero-order valence-electron chi connectivity index (χ0n) is 32.1. The Balaban J connectivity index is 0.931. The Morgan fingerprint density at radius 3 is 1.84 bits per heavy atom. The minimum Gasteiger partial charge on any atom is -0.247 e. The van der Waals surface area contributed by atoms with Crippen molar-refractivity contribution in [3.8, 4) is 33.5 Å². The minimum atomic E-state index is -0.348. The summed E-state index contributed by atoms with van der Waals surface area (Å²) < 4.78 is 5.74. The third kappa shape index (κ3) is 5.90. The maximum Gasteiger partial charge on any atom is 0.0788 e. The molecule has 274 valence electrons. The number of allylic oxidation sites excluding steroid dienone is 3. The Hall–Kier alpha value is -6.49. The summed E-state index contributed by atoms with van der Waals surface area (Å²) in [5, 5.41) is 11.2. The number of nitrogens with zero attached hydrogens (tertiary/aromatic N) is 1. The van der Waals surface area contributed by atoms with Gasteiger partial charge in [-0.1, -0.05) is 189 Å². The molecule has 1 nitrogen and oxygen atoms in total. The molecular weight excluding hydrogens is 814 g/mol. The van der Waals surface area contributed by atoms with Crippen LogP contribution in [0.4, 0.5) is 0 Å². The topological polar surface area (TPSA) is 12.9 Å². The van der Waals surface area contributed by atoms with Crippen LogP contribution in [0.3, 0.4) is 0 Å². The van der Waals surface area contributed by atoms with Crippen LogP contribution >= 0.6 is 20.7 Å². The zero-order valence-corrected chi connectivity index (χ0v) is 34.3. The second-order valence-corrected chi connectivity index (χ2v) is 17.3. The van der Waals surface area contributed by atoms with Gasteiger partial charge in [-0.2, -0.15) is 0 Å². The molecule has 58 heavy (non-hydrogen) atoms. The number of hydrogen-bond acceptors (Lipinski definition) is 1. The summed E-state index contributed by atoms with van der Waals surface area (Å²) in [5.41, 5.74) is 14.7. The molecule has 0 amide bonds. The predicted molar refractivity (Wildman–Crippen MR) is 260 cm³/mol. The average molecular weight is 852 g/mol. The molecule has 0 bridgehead atoms. The van der Waals surface area contributed by atoms with Gasteiger partial charge in [0.15, 0.2) is 0 Å². The van der Waals surface area contributed by atoms with Gasteiger partial charge in [-0.3, -0.25) is 0 Å². The number of benzene rings is 9. The smallest absolute Gasteiger partial charge is 0.0788 e. The lowest BCUT2D eigenvalue weighted by molar-refractivity contribution is 1.30. The van der Waals surface area contributed by atoms with E-state index in [1.165, 1.54) is 96.7 Å². The molecule has 11 rings (SSSR count). The molecule has 0 aliphatic heterocycles. The van der Waals surface area contributed by atoms with Crippen LogP contribution in [-0.2, 0) is 6.42 Å². The number of pyridine rings is 1. The minimum absolute atomic E-state index is 0.348. The summed E-state index contributed by atoms with van der Waals surface area (Å²) >= 11 is -0.348. The fraction of sp³-hybridized carbons (Fsp3) is 0.0357. The van der Waals surface area contributed by atoms with Crippen LogP contribution in [0, 0.1) is 10.5 Å². The summed E-state index contributed by atoms with van der Waals surface area (Å²) in [5.74, 6) is 0. The van der Waals surface area contributed by atoms with Crippen LogP contribution in [0.1, 0.15) is 22.3 Å². The molecule has 9 aromatic carbocycles. The molecule has 0 fully saturated rings. The maximum absolute atomic E-state index is 5.34. The molecule has 2 heteroatoms. The number of halogens is 1. The third-order valence-corrected chi connectivity index (χ3v) is 13.8. The fourth-order valence-corrected chi connectivity index (χ4v) is 10.5. The Morgan fingerprint density at radius 2 is 1.05 bits per heavy atom. The van der Waals surface area contributed by atoms with Crippen LogP contribution < -0.4 is 0 Å². The van der Waals surface area contributed by atoms with Gasteiger partial charge in [-0.05, 0) is 120 Å². The first-order valence-corrected chi connectivity index (χ1v) is 22.5. The van der Waals surface area contributed by atoms with Gasteiger partial charge in [-0.15, -0.1) is 0 Å². The van der Waals surface area contributed by atoms with Crippen LogP contribution in [-0.4, -0.2) is 9.50 Å². The summed E-state index contributed by atoms with van der Waals surface area (Å²) in [6, 6.07) is 62.5. The molecule has 0 atom stereocenters. The Kier molecular flexibility index (Phi) is 8.48.